The second-order valence-electron chi connectivity index (χ2n) is 5.44. The molecule has 1 aromatic carbocycles. The lowest BCUT2D eigenvalue weighted by Crippen LogP contribution is -2.36. The number of nitrogens with zero attached hydrogens (tertiary/aromatic N) is 3. The summed E-state index contributed by atoms with van der Waals surface area (Å²) in [6.07, 6.45) is 5.37. The van der Waals surface area contributed by atoms with Crippen molar-refractivity contribution in [1.82, 2.24) is 25.4 Å². The molecule has 0 aliphatic carbocycles. The summed E-state index contributed by atoms with van der Waals surface area (Å²) < 4.78 is 1.80. The van der Waals surface area contributed by atoms with Gasteiger partial charge in [0.2, 0.25) is 0 Å². The van der Waals surface area contributed by atoms with E-state index >= 15 is 0 Å². The average molecular weight is 356 g/mol. The average Bonchev–Trinajstić information content (AvgIpc) is 3.11. The molecule has 0 radical (unpaired) electrons. The van der Waals surface area contributed by atoms with Gasteiger partial charge in [-0.05, 0) is 35.9 Å². The van der Waals surface area contributed by atoms with Crippen molar-refractivity contribution in [1.29, 1.82) is 0 Å². The van der Waals surface area contributed by atoms with E-state index in [4.69, 9.17) is 11.6 Å². The van der Waals surface area contributed by atoms with E-state index in [9.17, 15) is 4.79 Å². The predicted octanol–water partition coefficient (Wildman–Crippen LogP) is 3.10. The van der Waals surface area contributed by atoms with Gasteiger partial charge in [0.25, 0.3) is 0 Å². The number of halogens is 1. The van der Waals surface area contributed by atoms with Crippen LogP contribution in [0.1, 0.15) is 5.56 Å². The van der Waals surface area contributed by atoms with Crippen LogP contribution in [0, 0.1) is 0 Å². The molecule has 2 N–H and O–H groups in total. The number of hydrogen-bond acceptors (Lipinski definition) is 3. The van der Waals surface area contributed by atoms with Crippen molar-refractivity contribution in [3.63, 3.8) is 0 Å². The Bertz CT molecular complexity index is 817. The fourth-order valence-electron chi connectivity index (χ4n) is 2.29. The van der Waals surface area contributed by atoms with Crippen molar-refractivity contribution >= 4 is 17.6 Å². The maximum Gasteiger partial charge on any atom is 0.315 e. The number of nitrogens with one attached hydrogen (secondary N) is 2. The van der Waals surface area contributed by atoms with Gasteiger partial charge in [0.1, 0.15) is 0 Å². The Morgan fingerprint density at radius 2 is 1.80 bits per heavy atom. The van der Waals surface area contributed by atoms with Crippen molar-refractivity contribution in [2.45, 2.75) is 13.1 Å². The van der Waals surface area contributed by atoms with Crippen LogP contribution in [-0.2, 0) is 13.1 Å². The van der Waals surface area contributed by atoms with Crippen molar-refractivity contribution in [2.24, 2.45) is 0 Å². The number of pyridine rings is 1. The fraction of sp³-hybridized carbons (Fsp3) is 0.167. The molecule has 3 rings (SSSR count). The summed E-state index contributed by atoms with van der Waals surface area (Å²) in [5, 5.41) is 10.8. The van der Waals surface area contributed by atoms with Gasteiger partial charge in [0.15, 0.2) is 0 Å². The zero-order chi connectivity index (χ0) is 17.5. The van der Waals surface area contributed by atoms with Crippen LogP contribution < -0.4 is 10.6 Å². The first-order chi connectivity index (χ1) is 12.2. The van der Waals surface area contributed by atoms with E-state index in [1.807, 2.05) is 36.5 Å². The number of hydrogen-bond donors (Lipinski definition) is 2. The summed E-state index contributed by atoms with van der Waals surface area (Å²) in [6, 6.07) is 12.9. The summed E-state index contributed by atoms with van der Waals surface area (Å²) in [7, 11) is 0. The molecule has 0 fully saturated rings. The van der Waals surface area contributed by atoms with Gasteiger partial charge in [0, 0.05) is 42.3 Å². The summed E-state index contributed by atoms with van der Waals surface area (Å²) in [5.41, 5.74) is 2.89. The van der Waals surface area contributed by atoms with Crippen LogP contribution in [0.3, 0.4) is 0 Å². The Labute approximate surface area is 150 Å². The third kappa shape index (κ3) is 5.06. The Kier molecular flexibility index (Phi) is 5.64. The maximum atomic E-state index is 11.8. The summed E-state index contributed by atoms with van der Waals surface area (Å²) >= 11 is 5.83. The fourth-order valence-corrected chi connectivity index (χ4v) is 2.42. The van der Waals surface area contributed by atoms with Gasteiger partial charge in [-0.15, -0.1) is 0 Å². The quantitative estimate of drug-likeness (QED) is 0.713. The molecular formula is C18H18ClN5O. The molecule has 2 aromatic heterocycles. The van der Waals surface area contributed by atoms with Crippen LogP contribution in [0.2, 0.25) is 5.02 Å². The zero-order valence-corrected chi connectivity index (χ0v) is 14.3. The number of aromatic nitrogens is 3. The van der Waals surface area contributed by atoms with Gasteiger partial charge in [-0.1, -0.05) is 23.7 Å². The lowest BCUT2D eigenvalue weighted by atomic mass is 10.2. The van der Waals surface area contributed by atoms with Gasteiger partial charge < -0.3 is 10.6 Å². The first-order valence-corrected chi connectivity index (χ1v) is 8.28. The minimum Gasteiger partial charge on any atom is -0.336 e. The van der Waals surface area contributed by atoms with Gasteiger partial charge in [-0.25, -0.2) is 4.79 Å². The van der Waals surface area contributed by atoms with Crippen molar-refractivity contribution in [3.05, 3.63) is 71.6 Å². The highest BCUT2D eigenvalue weighted by Gasteiger charge is 2.03. The first-order valence-electron chi connectivity index (χ1n) is 7.91. The highest BCUT2D eigenvalue weighted by Crippen LogP contribution is 2.14. The normalized spacial score (nSPS) is 10.4. The predicted molar refractivity (Wildman–Crippen MR) is 97.1 cm³/mol. The molecule has 0 saturated heterocycles. The SMILES string of the molecule is O=C(NCCn1ccc(-c2ccncc2)n1)NCc1ccc(Cl)cc1. The lowest BCUT2D eigenvalue weighted by Gasteiger charge is -2.08. The van der Waals surface area contributed by atoms with Crippen molar-refractivity contribution in [2.75, 3.05) is 6.54 Å². The second kappa shape index (κ2) is 8.30. The first kappa shape index (κ1) is 17.0. The monoisotopic (exact) mass is 355 g/mol. The maximum absolute atomic E-state index is 11.8. The number of rotatable bonds is 6. The molecule has 2 amide bonds. The van der Waals surface area contributed by atoms with Crippen molar-refractivity contribution < 1.29 is 4.79 Å². The Hall–Kier alpha value is -2.86. The molecule has 0 bridgehead atoms. The number of carbonyl (C=O) groups excluding carboxylic acids is 1. The molecule has 0 atom stereocenters. The summed E-state index contributed by atoms with van der Waals surface area (Å²) in [4.78, 5) is 15.8. The summed E-state index contributed by atoms with van der Waals surface area (Å²) in [6.45, 7) is 1.54. The minimum absolute atomic E-state index is 0.212. The van der Waals surface area contributed by atoms with E-state index in [2.05, 4.69) is 20.7 Å². The van der Waals surface area contributed by atoms with Gasteiger partial charge in [0.05, 0.1) is 12.2 Å². The Balaban J connectivity index is 1.41. The second-order valence-corrected chi connectivity index (χ2v) is 5.87. The molecule has 0 saturated carbocycles. The molecule has 0 unspecified atom stereocenters. The Morgan fingerprint density at radius 3 is 2.56 bits per heavy atom. The number of carbonyl (C=O) groups is 1. The highest BCUT2D eigenvalue weighted by atomic mass is 35.5. The molecular weight excluding hydrogens is 338 g/mol. The zero-order valence-electron chi connectivity index (χ0n) is 13.5. The largest absolute Gasteiger partial charge is 0.336 e. The highest BCUT2D eigenvalue weighted by molar-refractivity contribution is 6.30. The number of urea groups is 1. The van der Waals surface area contributed by atoms with E-state index < -0.39 is 0 Å². The molecule has 128 valence electrons. The van der Waals surface area contributed by atoms with E-state index in [1.165, 1.54) is 0 Å². The third-order valence-corrected chi connectivity index (χ3v) is 3.86. The Morgan fingerprint density at radius 1 is 1.04 bits per heavy atom. The van der Waals surface area contributed by atoms with E-state index in [-0.39, 0.29) is 6.03 Å². The number of benzene rings is 1. The molecule has 0 spiro atoms. The van der Waals surface area contributed by atoms with E-state index in [0.717, 1.165) is 16.8 Å². The lowest BCUT2D eigenvalue weighted by molar-refractivity contribution is 0.240. The minimum atomic E-state index is -0.212. The molecule has 3 aromatic rings. The van der Waals surface area contributed by atoms with Gasteiger partial charge >= 0.3 is 6.03 Å². The third-order valence-electron chi connectivity index (χ3n) is 3.61. The van der Waals surface area contributed by atoms with Gasteiger partial charge in [-0.2, -0.15) is 5.10 Å². The van der Waals surface area contributed by atoms with Crippen LogP contribution in [0.4, 0.5) is 4.79 Å². The van der Waals surface area contributed by atoms with Crippen LogP contribution in [0.5, 0.6) is 0 Å². The molecule has 0 aliphatic heterocycles. The topological polar surface area (TPSA) is 71.8 Å². The van der Waals surface area contributed by atoms with Crippen LogP contribution in [0.15, 0.2) is 61.1 Å². The molecule has 25 heavy (non-hydrogen) atoms. The molecule has 7 heteroatoms. The van der Waals surface area contributed by atoms with Gasteiger partial charge in [-0.3, -0.25) is 9.67 Å². The van der Waals surface area contributed by atoms with E-state index in [1.54, 1.807) is 29.2 Å². The van der Waals surface area contributed by atoms with Crippen LogP contribution >= 0.6 is 11.6 Å². The standard InChI is InChI=1S/C18H18ClN5O/c19-16-3-1-14(2-4-16)13-22-18(25)21-10-12-24-11-7-17(23-24)15-5-8-20-9-6-15/h1-9,11H,10,12-13H2,(H2,21,22,25). The van der Waals surface area contributed by atoms with Crippen LogP contribution in [0.25, 0.3) is 11.3 Å². The molecule has 0 aliphatic rings. The van der Waals surface area contributed by atoms with E-state index in [0.29, 0.717) is 24.7 Å². The van der Waals surface area contributed by atoms with Crippen molar-refractivity contribution in [3.8, 4) is 11.3 Å². The smallest absolute Gasteiger partial charge is 0.315 e. The number of amides is 2. The molecule has 2 heterocycles. The van der Waals surface area contributed by atoms with Crippen LogP contribution in [-0.4, -0.2) is 27.3 Å². The summed E-state index contributed by atoms with van der Waals surface area (Å²) in [5.74, 6) is 0. The molecule has 6 nitrogen and oxygen atoms in total.